The van der Waals surface area contributed by atoms with Gasteiger partial charge in [0.05, 0.1) is 11.1 Å². The highest BCUT2D eigenvalue weighted by Gasteiger charge is 2.35. The molecular weight excluding hydrogens is 371 g/mol. The average molecular weight is 381 g/mol. The molecule has 0 radical (unpaired) electrons. The molecule has 2 aromatic carbocycles. The van der Waals surface area contributed by atoms with Crippen LogP contribution in [-0.4, -0.2) is 20.7 Å². The van der Waals surface area contributed by atoms with Crippen LogP contribution in [0.15, 0.2) is 71.0 Å². The van der Waals surface area contributed by atoms with Crippen molar-refractivity contribution in [1.29, 1.82) is 0 Å². The Morgan fingerprint density at radius 2 is 1.64 bits per heavy atom. The Morgan fingerprint density at radius 3 is 2.36 bits per heavy atom. The molecule has 0 N–H and O–H groups in total. The third-order valence-corrected chi connectivity index (χ3v) is 5.26. The van der Waals surface area contributed by atoms with Crippen LogP contribution >= 0.6 is 21.6 Å². The van der Waals surface area contributed by atoms with E-state index in [1.54, 1.807) is 0 Å². The van der Waals surface area contributed by atoms with Crippen molar-refractivity contribution in [3.8, 4) is 0 Å². The van der Waals surface area contributed by atoms with Crippen molar-refractivity contribution in [3.05, 3.63) is 72.1 Å². The minimum Gasteiger partial charge on any atom is -0.267 e. The van der Waals surface area contributed by atoms with Crippen molar-refractivity contribution in [2.75, 3.05) is 0 Å². The summed E-state index contributed by atoms with van der Waals surface area (Å²) >= 11 is 0. The van der Waals surface area contributed by atoms with Crippen LogP contribution < -0.4 is 0 Å². The number of benzene rings is 2. The molecule has 128 valence electrons. The number of carbonyl (C=O) groups excluding carboxylic acids is 1. The first kappa shape index (κ1) is 17.6. The van der Waals surface area contributed by atoms with Crippen LogP contribution in [0.3, 0.4) is 0 Å². The van der Waals surface area contributed by atoms with Gasteiger partial charge in [-0.2, -0.15) is 17.9 Å². The van der Waals surface area contributed by atoms with Crippen molar-refractivity contribution in [3.63, 3.8) is 0 Å². The maximum atomic E-state index is 13.0. The minimum absolute atomic E-state index is 0.284. The van der Waals surface area contributed by atoms with E-state index in [9.17, 15) is 18.0 Å². The number of carbonyl (C=O) groups is 1. The van der Waals surface area contributed by atoms with E-state index < -0.39 is 23.2 Å². The lowest BCUT2D eigenvalue weighted by Gasteiger charge is -2.11. The Morgan fingerprint density at radius 1 is 0.960 bits per heavy atom. The first-order valence-corrected chi connectivity index (χ1v) is 9.12. The molecule has 0 unspecified atom stereocenters. The highest BCUT2D eigenvalue weighted by molar-refractivity contribution is 8.76. The molecule has 3 rings (SSSR count). The van der Waals surface area contributed by atoms with E-state index in [1.807, 2.05) is 30.3 Å². The van der Waals surface area contributed by atoms with Crippen LogP contribution in [0.2, 0.25) is 0 Å². The number of nitrogens with zero attached hydrogens (tertiary/aromatic N) is 3. The van der Waals surface area contributed by atoms with E-state index in [0.29, 0.717) is 0 Å². The Bertz CT molecular complexity index is 882. The van der Waals surface area contributed by atoms with E-state index >= 15 is 0 Å². The maximum Gasteiger partial charge on any atom is 0.417 e. The van der Waals surface area contributed by atoms with E-state index in [4.69, 9.17) is 0 Å². The molecule has 4 nitrogen and oxygen atoms in total. The first-order chi connectivity index (χ1) is 11.9. The summed E-state index contributed by atoms with van der Waals surface area (Å²) in [4.78, 5) is 17.3. The molecule has 0 atom stereocenters. The van der Waals surface area contributed by atoms with E-state index in [-0.39, 0.29) is 5.16 Å². The number of hydrogen-bond acceptors (Lipinski definition) is 5. The van der Waals surface area contributed by atoms with E-state index in [1.165, 1.54) is 33.7 Å². The number of alkyl halides is 3. The SMILES string of the molecule is O=C(c1ccccc1C(F)(F)F)n1cnc(SSc2ccccc2)n1. The van der Waals surface area contributed by atoms with Crippen LogP contribution in [0.25, 0.3) is 0 Å². The van der Waals surface area contributed by atoms with Gasteiger partial charge in [0.2, 0.25) is 5.16 Å². The fraction of sp³-hybridized carbons (Fsp3) is 0.0625. The Labute approximate surface area is 148 Å². The number of rotatable bonds is 4. The normalized spacial score (nSPS) is 11.5. The molecule has 0 amide bonds. The number of aromatic nitrogens is 3. The fourth-order valence-electron chi connectivity index (χ4n) is 1.99. The van der Waals surface area contributed by atoms with Crippen LogP contribution in [-0.2, 0) is 6.18 Å². The highest BCUT2D eigenvalue weighted by Crippen LogP contribution is 2.35. The summed E-state index contributed by atoms with van der Waals surface area (Å²) in [6.07, 6.45) is -3.50. The van der Waals surface area contributed by atoms with Crippen LogP contribution in [0.1, 0.15) is 15.9 Å². The molecule has 0 saturated carbocycles. The largest absolute Gasteiger partial charge is 0.417 e. The van der Waals surface area contributed by atoms with Gasteiger partial charge in [-0.15, -0.1) is 5.10 Å². The minimum atomic E-state index is -4.62. The number of halogens is 3. The van der Waals surface area contributed by atoms with Gasteiger partial charge in [0.25, 0.3) is 5.91 Å². The Hall–Kier alpha value is -2.26. The summed E-state index contributed by atoms with van der Waals surface area (Å²) in [5.74, 6) is -0.878. The Balaban J connectivity index is 1.78. The number of hydrogen-bond donors (Lipinski definition) is 0. The second kappa shape index (κ2) is 7.32. The average Bonchev–Trinajstić information content (AvgIpc) is 3.08. The Kier molecular flexibility index (Phi) is 5.14. The molecular formula is C16H10F3N3OS2. The van der Waals surface area contributed by atoms with Gasteiger partial charge in [0.15, 0.2) is 0 Å². The molecule has 0 aliphatic carbocycles. The van der Waals surface area contributed by atoms with Gasteiger partial charge < -0.3 is 0 Å². The molecule has 25 heavy (non-hydrogen) atoms. The summed E-state index contributed by atoms with van der Waals surface area (Å²) in [7, 11) is 2.60. The van der Waals surface area contributed by atoms with Crippen molar-refractivity contribution in [1.82, 2.24) is 14.8 Å². The molecule has 0 saturated heterocycles. The first-order valence-electron chi connectivity index (χ1n) is 6.97. The lowest BCUT2D eigenvalue weighted by Crippen LogP contribution is -2.19. The van der Waals surface area contributed by atoms with Gasteiger partial charge in [0.1, 0.15) is 6.33 Å². The van der Waals surface area contributed by atoms with Gasteiger partial charge in [0, 0.05) is 4.90 Å². The molecule has 3 aromatic rings. The van der Waals surface area contributed by atoms with Gasteiger partial charge in [-0.05, 0) is 45.9 Å². The quantitative estimate of drug-likeness (QED) is 0.609. The van der Waals surface area contributed by atoms with E-state index in [0.717, 1.165) is 28.0 Å². The predicted octanol–water partition coefficient (Wildman–Crippen LogP) is 4.78. The molecule has 0 fully saturated rings. The van der Waals surface area contributed by atoms with Gasteiger partial charge >= 0.3 is 6.18 Å². The highest BCUT2D eigenvalue weighted by atomic mass is 33.1. The van der Waals surface area contributed by atoms with Crippen molar-refractivity contribution < 1.29 is 18.0 Å². The molecule has 9 heteroatoms. The third-order valence-electron chi connectivity index (χ3n) is 3.10. The zero-order chi connectivity index (χ0) is 17.9. The second-order valence-corrected chi connectivity index (χ2v) is 6.97. The van der Waals surface area contributed by atoms with Gasteiger partial charge in [-0.3, -0.25) is 4.79 Å². The summed E-state index contributed by atoms with van der Waals surface area (Å²) in [5.41, 5.74) is -1.46. The standard InChI is InChI=1S/C16H10F3N3OS2/c17-16(18,19)13-9-5-4-8-12(13)14(23)22-10-20-15(21-22)25-24-11-6-2-1-3-7-11/h1-10H. The predicted molar refractivity (Wildman–Crippen MR) is 89.4 cm³/mol. The molecule has 0 aliphatic rings. The fourth-order valence-corrected chi connectivity index (χ4v) is 3.71. The van der Waals surface area contributed by atoms with Crippen molar-refractivity contribution in [2.24, 2.45) is 0 Å². The van der Waals surface area contributed by atoms with Crippen LogP contribution in [0.5, 0.6) is 0 Å². The zero-order valence-electron chi connectivity index (χ0n) is 12.5. The summed E-state index contributed by atoms with van der Waals surface area (Å²) in [6, 6.07) is 14.1. The zero-order valence-corrected chi connectivity index (χ0v) is 14.1. The summed E-state index contributed by atoms with van der Waals surface area (Å²) < 4.78 is 39.9. The lowest BCUT2D eigenvalue weighted by molar-refractivity contribution is -0.137. The third kappa shape index (κ3) is 4.23. The van der Waals surface area contributed by atoms with Crippen molar-refractivity contribution >= 4 is 27.5 Å². The molecule has 1 heterocycles. The molecule has 0 aliphatic heterocycles. The summed E-state index contributed by atoms with van der Waals surface area (Å²) in [5, 5.41) is 4.24. The molecule has 0 bridgehead atoms. The van der Waals surface area contributed by atoms with Crippen molar-refractivity contribution in [2.45, 2.75) is 16.2 Å². The smallest absolute Gasteiger partial charge is 0.267 e. The second-order valence-electron chi connectivity index (χ2n) is 4.80. The molecule has 0 spiro atoms. The monoisotopic (exact) mass is 381 g/mol. The van der Waals surface area contributed by atoms with Crippen LogP contribution in [0.4, 0.5) is 13.2 Å². The van der Waals surface area contributed by atoms with Crippen LogP contribution in [0, 0.1) is 0 Å². The van der Waals surface area contributed by atoms with Gasteiger partial charge in [-0.1, -0.05) is 30.3 Å². The van der Waals surface area contributed by atoms with Gasteiger partial charge in [-0.25, -0.2) is 4.98 Å². The van der Waals surface area contributed by atoms with E-state index in [2.05, 4.69) is 10.1 Å². The maximum absolute atomic E-state index is 13.0. The lowest BCUT2D eigenvalue weighted by atomic mass is 10.1. The molecule has 1 aromatic heterocycles. The summed E-state index contributed by atoms with van der Waals surface area (Å²) in [6.45, 7) is 0. The topological polar surface area (TPSA) is 47.8 Å².